The van der Waals surface area contributed by atoms with Crippen LogP contribution in [0.3, 0.4) is 0 Å². The molecule has 0 unspecified atom stereocenters. The molecule has 0 saturated carbocycles. The van der Waals surface area contributed by atoms with Gasteiger partial charge in [0, 0.05) is 11.1 Å². The fourth-order valence-corrected chi connectivity index (χ4v) is 6.74. The summed E-state index contributed by atoms with van der Waals surface area (Å²) >= 11 is 0. The summed E-state index contributed by atoms with van der Waals surface area (Å²) in [5.74, 6) is 2.73. The van der Waals surface area contributed by atoms with Crippen molar-refractivity contribution in [2.45, 2.75) is 52.4 Å². The number of hydrogen-bond donors (Lipinski definition) is 0. The van der Waals surface area contributed by atoms with Crippen LogP contribution in [0, 0.1) is 22.7 Å². The molecular formula is C40H34N4O2. The van der Waals surface area contributed by atoms with Gasteiger partial charge in [-0.25, -0.2) is 0 Å². The summed E-state index contributed by atoms with van der Waals surface area (Å²) in [6.07, 6.45) is 0. The van der Waals surface area contributed by atoms with Crippen LogP contribution < -0.4 is 19.3 Å². The van der Waals surface area contributed by atoms with E-state index in [9.17, 15) is 10.5 Å². The first kappa shape index (κ1) is 29.0. The van der Waals surface area contributed by atoms with Gasteiger partial charge in [-0.1, -0.05) is 90.1 Å². The Morgan fingerprint density at radius 3 is 1.02 bits per heavy atom. The van der Waals surface area contributed by atoms with E-state index in [1.54, 1.807) is 0 Å². The Morgan fingerprint density at radius 1 is 0.457 bits per heavy atom. The highest BCUT2D eigenvalue weighted by Crippen LogP contribution is 2.59. The summed E-state index contributed by atoms with van der Waals surface area (Å²) in [7, 11) is 0. The second kappa shape index (κ2) is 10.4. The molecule has 0 aliphatic carbocycles. The van der Waals surface area contributed by atoms with E-state index in [4.69, 9.17) is 9.47 Å². The molecule has 0 fully saturated rings. The van der Waals surface area contributed by atoms with E-state index in [-0.39, 0.29) is 0 Å². The molecule has 2 aliphatic heterocycles. The first-order chi connectivity index (χ1) is 22.0. The second-order valence-corrected chi connectivity index (χ2v) is 13.7. The van der Waals surface area contributed by atoms with Crippen LogP contribution in [-0.4, -0.2) is 0 Å². The van der Waals surface area contributed by atoms with Crippen LogP contribution in [0.5, 0.6) is 23.0 Å². The third-order valence-electron chi connectivity index (χ3n) is 8.48. The summed E-state index contributed by atoms with van der Waals surface area (Å²) in [6.45, 7) is 12.8. The van der Waals surface area contributed by atoms with Gasteiger partial charge in [-0.15, -0.1) is 0 Å². The molecule has 0 N–H and O–H groups in total. The van der Waals surface area contributed by atoms with Gasteiger partial charge in [0.2, 0.25) is 0 Å². The molecule has 226 valence electrons. The summed E-state index contributed by atoms with van der Waals surface area (Å²) in [6, 6.07) is 36.7. The van der Waals surface area contributed by atoms with Gasteiger partial charge in [0.15, 0.2) is 23.0 Å². The normalized spacial score (nSPS) is 13.2. The van der Waals surface area contributed by atoms with Gasteiger partial charge in [0.25, 0.3) is 0 Å². The average molecular weight is 603 g/mol. The maximum absolute atomic E-state index is 11.3. The van der Waals surface area contributed by atoms with Gasteiger partial charge in [-0.2, -0.15) is 10.5 Å². The third-order valence-corrected chi connectivity index (χ3v) is 8.48. The maximum Gasteiger partial charge on any atom is 0.151 e. The van der Waals surface area contributed by atoms with E-state index in [0.29, 0.717) is 39.8 Å². The Bertz CT molecular complexity index is 1980. The highest BCUT2D eigenvalue weighted by atomic mass is 16.5. The molecule has 0 saturated heterocycles. The molecule has 0 spiro atoms. The number of nitrogens with zero attached hydrogens (tertiary/aromatic N) is 4. The molecule has 2 aliphatic rings. The Kier molecular flexibility index (Phi) is 6.58. The standard InChI is InChI=1S/C40H34N4O2/c1-39(2,3)35-25(23-41)37(43-27-15-7-11-19-31(27)45-32-20-12-8-16-28(32)43)26(24-42)36(40(4,5)6)38(35)44-29-17-9-13-21-33(29)46-34-22-14-10-18-30(34)44/h7-22H,1-6H3. The van der Waals surface area contributed by atoms with Crippen molar-refractivity contribution in [3.05, 3.63) is 119 Å². The molecular weight excluding hydrogens is 568 g/mol. The predicted molar refractivity (Wildman–Crippen MR) is 183 cm³/mol. The van der Waals surface area contributed by atoms with E-state index in [1.165, 1.54) is 0 Å². The number of ether oxygens (including phenoxy) is 2. The van der Waals surface area contributed by atoms with Gasteiger partial charge in [0.05, 0.1) is 45.3 Å². The number of fused-ring (bicyclic) bond motifs is 4. The maximum atomic E-state index is 11.3. The highest BCUT2D eigenvalue weighted by molar-refractivity contribution is 5.98. The van der Waals surface area contributed by atoms with Crippen LogP contribution in [0.15, 0.2) is 97.1 Å². The van der Waals surface area contributed by atoms with Crippen molar-refractivity contribution >= 4 is 34.1 Å². The third kappa shape index (κ3) is 4.37. The minimum absolute atomic E-state index is 0.444. The molecule has 5 aromatic carbocycles. The summed E-state index contributed by atoms with van der Waals surface area (Å²) in [5.41, 5.74) is 6.17. The molecule has 0 amide bonds. The van der Waals surface area contributed by atoms with E-state index >= 15 is 0 Å². The molecule has 2 heterocycles. The topological polar surface area (TPSA) is 72.5 Å². The summed E-state index contributed by atoms with van der Waals surface area (Å²) in [5, 5.41) is 22.5. The lowest BCUT2D eigenvalue weighted by atomic mass is 9.73. The number of anilines is 6. The Hall–Kier alpha value is -5.72. The molecule has 0 radical (unpaired) electrons. The molecule has 0 aromatic heterocycles. The van der Waals surface area contributed by atoms with Gasteiger partial charge < -0.3 is 19.3 Å². The van der Waals surface area contributed by atoms with Crippen LogP contribution in [-0.2, 0) is 10.8 Å². The van der Waals surface area contributed by atoms with Crippen molar-refractivity contribution in [1.82, 2.24) is 0 Å². The minimum Gasteiger partial charge on any atom is -0.453 e. The largest absolute Gasteiger partial charge is 0.453 e. The van der Waals surface area contributed by atoms with E-state index < -0.39 is 10.8 Å². The summed E-state index contributed by atoms with van der Waals surface area (Å²) in [4.78, 5) is 4.24. The Morgan fingerprint density at radius 2 is 0.739 bits per heavy atom. The fourth-order valence-electron chi connectivity index (χ4n) is 6.74. The zero-order valence-electron chi connectivity index (χ0n) is 26.8. The van der Waals surface area contributed by atoms with Crippen molar-refractivity contribution in [2.24, 2.45) is 0 Å². The predicted octanol–water partition coefficient (Wildman–Crippen LogP) is 11.2. The fraction of sp³-hybridized carbons (Fsp3) is 0.200. The number of para-hydroxylation sites is 8. The molecule has 6 heteroatoms. The van der Waals surface area contributed by atoms with Crippen molar-refractivity contribution in [3.8, 4) is 35.1 Å². The lowest BCUT2D eigenvalue weighted by molar-refractivity contribution is 0.475. The monoisotopic (exact) mass is 602 g/mol. The van der Waals surface area contributed by atoms with Crippen LogP contribution >= 0.6 is 0 Å². The van der Waals surface area contributed by atoms with Gasteiger partial charge in [0.1, 0.15) is 12.1 Å². The van der Waals surface area contributed by atoms with Gasteiger partial charge >= 0.3 is 0 Å². The average Bonchev–Trinajstić information content (AvgIpc) is 3.04. The lowest BCUT2D eigenvalue weighted by Crippen LogP contribution is -2.30. The van der Waals surface area contributed by atoms with E-state index in [0.717, 1.165) is 39.6 Å². The highest BCUT2D eigenvalue weighted by Gasteiger charge is 2.42. The van der Waals surface area contributed by atoms with Crippen LogP contribution in [0.25, 0.3) is 0 Å². The zero-order chi connectivity index (χ0) is 32.4. The number of rotatable bonds is 2. The van der Waals surface area contributed by atoms with Crippen molar-refractivity contribution < 1.29 is 9.47 Å². The zero-order valence-corrected chi connectivity index (χ0v) is 26.8. The molecule has 0 bridgehead atoms. The van der Waals surface area contributed by atoms with Gasteiger partial charge in [-0.3, -0.25) is 0 Å². The first-order valence-corrected chi connectivity index (χ1v) is 15.4. The first-order valence-electron chi connectivity index (χ1n) is 15.4. The molecule has 46 heavy (non-hydrogen) atoms. The van der Waals surface area contributed by atoms with E-state index in [2.05, 4.69) is 58.6 Å². The van der Waals surface area contributed by atoms with Crippen molar-refractivity contribution in [3.63, 3.8) is 0 Å². The summed E-state index contributed by atoms with van der Waals surface area (Å²) < 4.78 is 12.7. The lowest BCUT2D eigenvalue weighted by Gasteiger charge is -2.42. The minimum atomic E-state index is -0.517. The Labute approximate surface area is 270 Å². The van der Waals surface area contributed by atoms with Crippen LogP contribution in [0.4, 0.5) is 34.1 Å². The SMILES string of the molecule is CC(C)(C)c1c(C#N)c(N2c3ccccc3Oc3ccccc32)c(C#N)c(C(C)(C)C)c1N1c2ccccc2Oc2ccccc21. The number of hydrogen-bond acceptors (Lipinski definition) is 6. The van der Waals surface area contributed by atoms with Crippen LogP contribution in [0.1, 0.15) is 63.8 Å². The molecule has 6 nitrogen and oxygen atoms in total. The molecule has 7 rings (SSSR count). The van der Waals surface area contributed by atoms with E-state index in [1.807, 2.05) is 102 Å². The molecule has 5 aromatic rings. The number of nitriles is 2. The molecule has 0 atom stereocenters. The second-order valence-electron chi connectivity index (χ2n) is 13.7. The number of benzene rings is 5. The van der Waals surface area contributed by atoms with Gasteiger partial charge in [-0.05, 0) is 59.4 Å². The van der Waals surface area contributed by atoms with Crippen molar-refractivity contribution in [1.29, 1.82) is 10.5 Å². The quantitative estimate of drug-likeness (QED) is 0.196. The smallest absolute Gasteiger partial charge is 0.151 e. The Balaban J connectivity index is 1.70. The van der Waals surface area contributed by atoms with Crippen LogP contribution in [0.2, 0.25) is 0 Å². The van der Waals surface area contributed by atoms with Crippen molar-refractivity contribution in [2.75, 3.05) is 9.80 Å².